The number of aromatic nitrogens is 3. The molecule has 22 heavy (non-hydrogen) atoms. The monoisotopic (exact) mass is 297 g/mol. The number of fused-ring (bicyclic) bond motifs is 1. The van der Waals surface area contributed by atoms with Crippen molar-refractivity contribution in [2.75, 3.05) is 0 Å². The van der Waals surface area contributed by atoms with Gasteiger partial charge >= 0.3 is 0 Å². The van der Waals surface area contributed by atoms with Gasteiger partial charge in [0.05, 0.1) is 0 Å². The average molecular weight is 297 g/mol. The Morgan fingerprint density at radius 3 is 2.64 bits per heavy atom. The van der Waals surface area contributed by atoms with E-state index in [1.54, 1.807) is 0 Å². The van der Waals surface area contributed by atoms with Crippen molar-refractivity contribution in [1.29, 1.82) is 0 Å². The summed E-state index contributed by atoms with van der Waals surface area (Å²) in [5.74, 6) is 1.80. The predicted octanol–water partition coefficient (Wildman–Crippen LogP) is 3.80. The molecule has 3 rings (SSSR count). The highest BCUT2D eigenvalue weighted by Gasteiger charge is 2.21. The zero-order valence-corrected chi connectivity index (χ0v) is 13.3. The summed E-state index contributed by atoms with van der Waals surface area (Å²) < 4.78 is 11.5. The average Bonchev–Trinajstić information content (AvgIpc) is 2.94. The number of nitrogens with zero attached hydrogens (tertiary/aromatic N) is 3. The fourth-order valence-corrected chi connectivity index (χ4v) is 2.09. The molecule has 0 bridgehead atoms. The lowest BCUT2D eigenvalue weighted by atomic mass is 9.97. The van der Waals surface area contributed by atoms with Crippen LogP contribution in [-0.4, -0.2) is 15.2 Å². The fraction of sp³-hybridized carbons (Fsp3) is 0.353. The maximum absolute atomic E-state index is 5.83. The molecular weight excluding hydrogens is 278 g/mol. The molecule has 0 fully saturated rings. The van der Waals surface area contributed by atoms with Crippen molar-refractivity contribution in [3.63, 3.8) is 0 Å². The number of benzene rings is 1. The molecular formula is C17H19N3O2. The Kier molecular flexibility index (Phi) is 3.56. The zero-order valence-electron chi connectivity index (χ0n) is 13.3. The molecule has 2 aromatic heterocycles. The molecule has 0 N–H and O–H groups in total. The van der Waals surface area contributed by atoms with Gasteiger partial charge in [0.25, 0.3) is 5.89 Å². The van der Waals surface area contributed by atoms with E-state index in [4.69, 9.17) is 9.15 Å². The molecule has 1 aromatic carbocycles. The minimum absolute atomic E-state index is 0.163. The topological polar surface area (TPSA) is 61.0 Å². The molecule has 5 heteroatoms. The summed E-state index contributed by atoms with van der Waals surface area (Å²) in [7, 11) is 0. The van der Waals surface area contributed by atoms with Gasteiger partial charge in [0.15, 0.2) is 6.61 Å². The predicted molar refractivity (Wildman–Crippen MR) is 83.8 cm³/mol. The number of para-hydroxylation sites is 1. The van der Waals surface area contributed by atoms with E-state index in [1.165, 1.54) is 0 Å². The van der Waals surface area contributed by atoms with Crippen molar-refractivity contribution in [1.82, 2.24) is 15.2 Å². The van der Waals surface area contributed by atoms with Crippen LogP contribution in [0.15, 0.2) is 34.7 Å². The van der Waals surface area contributed by atoms with E-state index < -0.39 is 0 Å². The van der Waals surface area contributed by atoms with E-state index in [2.05, 4.69) is 15.2 Å². The van der Waals surface area contributed by atoms with Gasteiger partial charge in [-0.3, -0.25) is 0 Å². The third kappa shape index (κ3) is 2.93. The van der Waals surface area contributed by atoms with Crippen molar-refractivity contribution < 1.29 is 9.15 Å². The molecule has 0 saturated carbocycles. The van der Waals surface area contributed by atoms with E-state index >= 15 is 0 Å². The number of pyridine rings is 1. The molecule has 0 saturated heterocycles. The van der Waals surface area contributed by atoms with Crippen LogP contribution < -0.4 is 4.74 Å². The second kappa shape index (κ2) is 5.40. The van der Waals surface area contributed by atoms with Crippen LogP contribution in [-0.2, 0) is 12.0 Å². The minimum Gasteiger partial charge on any atom is -0.482 e. The van der Waals surface area contributed by atoms with Gasteiger partial charge in [-0.1, -0.05) is 39.0 Å². The lowest BCUT2D eigenvalue weighted by molar-refractivity contribution is 0.253. The third-order valence-corrected chi connectivity index (χ3v) is 3.28. The van der Waals surface area contributed by atoms with Crippen molar-refractivity contribution >= 4 is 10.9 Å². The first-order valence-electron chi connectivity index (χ1n) is 7.25. The van der Waals surface area contributed by atoms with Gasteiger partial charge < -0.3 is 9.15 Å². The van der Waals surface area contributed by atoms with Crippen molar-refractivity contribution in [2.24, 2.45) is 0 Å². The summed E-state index contributed by atoms with van der Waals surface area (Å²) in [6, 6.07) is 9.88. The molecule has 0 amide bonds. The van der Waals surface area contributed by atoms with E-state index in [0.717, 1.165) is 22.3 Å². The fourth-order valence-electron chi connectivity index (χ4n) is 2.09. The molecule has 0 unspecified atom stereocenters. The smallest absolute Gasteiger partial charge is 0.253 e. The molecule has 114 valence electrons. The number of hydrogen-bond donors (Lipinski definition) is 0. The van der Waals surface area contributed by atoms with E-state index in [0.29, 0.717) is 11.8 Å². The quantitative estimate of drug-likeness (QED) is 0.735. The Hall–Kier alpha value is -2.43. The van der Waals surface area contributed by atoms with Crippen molar-refractivity contribution in [3.05, 3.63) is 47.8 Å². The summed E-state index contributed by atoms with van der Waals surface area (Å²) in [6.07, 6.45) is 0. The van der Waals surface area contributed by atoms with E-state index in [9.17, 15) is 0 Å². The molecule has 0 aliphatic rings. The number of aryl methyl sites for hydroxylation is 1. The second-order valence-electron chi connectivity index (χ2n) is 6.32. The summed E-state index contributed by atoms with van der Waals surface area (Å²) in [6.45, 7) is 8.29. The Labute approximate surface area is 129 Å². The zero-order chi connectivity index (χ0) is 15.7. The number of ether oxygens (including phenoxy) is 1. The van der Waals surface area contributed by atoms with Crippen LogP contribution in [0.4, 0.5) is 0 Å². The summed E-state index contributed by atoms with van der Waals surface area (Å²) in [5, 5.41) is 9.14. The van der Waals surface area contributed by atoms with Crippen LogP contribution in [0.25, 0.3) is 10.9 Å². The minimum atomic E-state index is -0.163. The van der Waals surface area contributed by atoms with Crippen molar-refractivity contribution in [3.8, 4) is 5.75 Å². The van der Waals surface area contributed by atoms with E-state index in [1.807, 2.05) is 58.0 Å². The van der Waals surface area contributed by atoms with Crippen LogP contribution >= 0.6 is 0 Å². The highest BCUT2D eigenvalue weighted by Crippen LogP contribution is 2.25. The molecule has 3 aromatic rings. The van der Waals surface area contributed by atoms with Crippen LogP contribution in [0, 0.1) is 6.92 Å². The first-order chi connectivity index (χ1) is 10.4. The molecule has 2 heterocycles. The molecule has 0 spiro atoms. The van der Waals surface area contributed by atoms with Crippen LogP contribution in [0.3, 0.4) is 0 Å². The first-order valence-corrected chi connectivity index (χ1v) is 7.25. The van der Waals surface area contributed by atoms with Gasteiger partial charge in [-0.2, -0.15) is 0 Å². The van der Waals surface area contributed by atoms with Gasteiger partial charge in [-0.05, 0) is 19.1 Å². The normalized spacial score (nSPS) is 11.8. The van der Waals surface area contributed by atoms with Crippen LogP contribution in [0.1, 0.15) is 38.2 Å². The van der Waals surface area contributed by atoms with Crippen molar-refractivity contribution in [2.45, 2.75) is 39.7 Å². The highest BCUT2D eigenvalue weighted by molar-refractivity contribution is 5.84. The van der Waals surface area contributed by atoms with Gasteiger partial charge in [0.1, 0.15) is 11.3 Å². The summed E-state index contributed by atoms with van der Waals surface area (Å²) in [4.78, 5) is 4.54. The highest BCUT2D eigenvalue weighted by atomic mass is 16.5. The summed E-state index contributed by atoms with van der Waals surface area (Å²) in [5.41, 5.74) is 1.64. The largest absolute Gasteiger partial charge is 0.482 e. The maximum atomic E-state index is 5.83. The van der Waals surface area contributed by atoms with Crippen LogP contribution in [0.5, 0.6) is 5.75 Å². The van der Waals surface area contributed by atoms with Gasteiger partial charge in [0.2, 0.25) is 5.89 Å². The SMILES string of the molecule is Cc1ccc2cccc(OCc3nnc(C(C)(C)C)o3)c2n1. The van der Waals surface area contributed by atoms with Gasteiger partial charge in [-0.15, -0.1) is 10.2 Å². The summed E-state index contributed by atoms with van der Waals surface area (Å²) >= 11 is 0. The Bertz CT molecular complexity index is 803. The standard InChI is InChI=1S/C17H19N3O2/c1-11-8-9-12-6-5-7-13(15(12)18-11)21-10-14-19-20-16(22-14)17(2,3)4/h5-9H,10H2,1-4H3. The Balaban J connectivity index is 1.82. The van der Waals surface area contributed by atoms with Gasteiger partial charge in [-0.25, -0.2) is 4.98 Å². The number of rotatable bonds is 3. The van der Waals surface area contributed by atoms with Gasteiger partial charge in [0, 0.05) is 16.5 Å². The number of hydrogen-bond acceptors (Lipinski definition) is 5. The van der Waals surface area contributed by atoms with E-state index in [-0.39, 0.29) is 12.0 Å². The lowest BCUT2D eigenvalue weighted by Crippen LogP contribution is -2.11. The second-order valence-corrected chi connectivity index (χ2v) is 6.32. The third-order valence-electron chi connectivity index (χ3n) is 3.28. The Morgan fingerprint density at radius 1 is 1.09 bits per heavy atom. The Morgan fingerprint density at radius 2 is 1.91 bits per heavy atom. The van der Waals surface area contributed by atoms with Crippen LogP contribution in [0.2, 0.25) is 0 Å². The molecule has 0 aliphatic carbocycles. The maximum Gasteiger partial charge on any atom is 0.253 e. The molecule has 0 aliphatic heterocycles. The molecule has 0 radical (unpaired) electrons. The first kappa shape index (κ1) is 14.5. The molecule has 0 atom stereocenters. The lowest BCUT2D eigenvalue weighted by Gasteiger charge is -2.11. The molecule has 5 nitrogen and oxygen atoms in total.